The lowest BCUT2D eigenvalue weighted by Gasteiger charge is -2.35. The van der Waals surface area contributed by atoms with Crippen LogP contribution in [0, 0.1) is 0 Å². The van der Waals surface area contributed by atoms with Gasteiger partial charge in [0, 0.05) is 37.6 Å². The zero-order valence-electron chi connectivity index (χ0n) is 18.1. The summed E-state index contributed by atoms with van der Waals surface area (Å²) in [5.41, 5.74) is 2.04. The van der Waals surface area contributed by atoms with Crippen molar-refractivity contribution < 1.29 is 14.3 Å². The first-order chi connectivity index (χ1) is 15.7. The Labute approximate surface area is 187 Å². The molecule has 7 nitrogen and oxygen atoms in total. The number of nitrogens with one attached hydrogen (secondary N) is 1. The maximum Gasteiger partial charge on any atom is 0.255 e. The van der Waals surface area contributed by atoms with Crippen molar-refractivity contribution in [3.63, 3.8) is 0 Å². The van der Waals surface area contributed by atoms with Gasteiger partial charge >= 0.3 is 0 Å². The van der Waals surface area contributed by atoms with E-state index in [1.807, 2.05) is 18.2 Å². The van der Waals surface area contributed by atoms with E-state index >= 15 is 0 Å². The van der Waals surface area contributed by atoms with Crippen LogP contribution in [0.4, 0.5) is 0 Å². The first-order valence-corrected chi connectivity index (χ1v) is 10.7. The summed E-state index contributed by atoms with van der Waals surface area (Å²) in [5.74, 6) is 0.479. The standard InChI is InChI=1S/C25H27N3O4/c1-31-22-10-8-21(9-11-22)28-18-20(7-12-24(28)29)25(30)26-17-23(19-5-3-2-4-6-19)27-13-15-32-16-14-27/h2-12,18,23H,13-17H2,1H3,(H,26,30). The van der Waals surface area contributed by atoms with Gasteiger partial charge in [-0.2, -0.15) is 0 Å². The first-order valence-electron chi connectivity index (χ1n) is 10.7. The number of rotatable bonds is 7. The first kappa shape index (κ1) is 21.8. The maximum absolute atomic E-state index is 13.0. The summed E-state index contributed by atoms with van der Waals surface area (Å²) in [6.45, 7) is 3.47. The molecule has 166 valence electrons. The van der Waals surface area contributed by atoms with Gasteiger partial charge in [0.15, 0.2) is 0 Å². The zero-order chi connectivity index (χ0) is 22.3. The highest BCUT2D eigenvalue weighted by Gasteiger charge is 2.23. The number of pyridine rings is 1. The highest BCUT2D eigenvalue weighted by atomic mass is 16.5. The van der Waals surface area contributed by atoms with E-state index in [2.05, 4.69) is 22.3 Å². The number of carbonyl (C=O) groups is 1. The van der Waals surface area contributed by atoms with Gasteiger partial charge in [-0.25, -0.2) is 0 Å². The summed E-state index contributed by atoms with van der Waals surface area (Å²) in [6, 6.07) is 20.3. The molecule has 1 aromatic heterocycles. The van der Waals surface area contributed by atoms with E-state index < -0.39 is 0 Å². The highest BCUT2D eigenvalue weighted by Crippen LogP contribution is 2.21. The summed E-state index contributed by atoms with van der Waals surface area (Å²) < 4.78 is 12.1. The SMILES string of the molecule is COc1ccc(-n2cc(C(=O)NCC(c3ccccc3)N3CCOCC3)ccc2=O)cc1. The van der Waals surface area contributed by atoms with Crippen LogP contribution in [0.25, 0.3) is 5.69 Å². The van der Waals surface area contributed by atoms with Crippen LogP contribution in [0.1, 0.15) is 22.0 Å². The molecule has 1 saturated heterocycles. The van der Waals surface area contributed by atoms with Gasteiger partial charge in [0.1, 0.15) is 5.75 Å². The van der Waals surface area contributed by atoms with E-state index in [0.717, 1.165) is 18.7 Å². The molecule has 2 heterocycles. The third-order valence-corrected chi connectivity index (χ3v) is 5.65. The van der Waals surface area contributed by atoms with Crippen molar-refractivity contribution in [2.45, 2.75) is 6.04 Å². The van der Waals surface area contributed by atoms with Crippen molar-refractivity contribution in [3.05, 3.63) is 94.4 Å². The van der Waals surface area contributed by atoms with Crippen molar-refractivity contribution in [2.75, 3.05) is 40.0 Å². The van der Waals surface area contributed by atoms with Crippen LogP contribution in [0.2, 0.25) is 0 Å². The third kappa shape index (κ3) is 5.07. The molecule has 2 aromatic carbocycles. The van der Waals surface area contributed by atoms with Gasteiger partial charge in [0.25, 0.3) is 11.5 Å². The Bertz CT molecular complexity index is 1090. The molecule has 0 saturated carbocycles. The van der Waals surface area contributed by atoms with Crippen LogP contribution in [0.5, 0.6) is 5.75 Å². The number of ether oxygens (including phenoxy) is 2. The van der Waals surface area contributed by atoms with Crippen molar-refractivity contribution in [1.29, 1.82) is 0 Å². The Morgan fingerprint density at radius 2 is 1.75 bits per heavy atom. The fraction of sp³-hybridized carbons (Fsp3) is 0.280. The second kappa shape index (κ2) is 10.3. The van der Waals surface area contributed by atoms with Crippen LogP contribution in [0.3, 0.4) is 0 Å². The van der Waals surface area contributed by atoms with E-state index in [4.69, 9.17) is 9.47 Å². The minimum Gasteiger partial charge on any atom is -0.497 e. The molecule has 1 fully saturated rings. The summed E-state index contributed by atoms with van der Waals surface area (Å²) in [4.78, 5) is 27.7. The summed E-state index contributed by atoms with van der Waals surface area (Å²) in [5, 5.41) is 3.05. The van der Waals surface area contributed by atoms with E-state index in [-0.39, 0.29) is 17.5 Å². The van der Waals surface area contributed by atoms with Crippen LogP contribution in [0.15, 0.2) is 77.7 Å². The number of hydrogen-bond acceptors (Lipinski definition) is 5. The van der Waals surface area contributed by atoms with Gasteiger partial charge in [-0.05, 0) is 35.9 Å². The van der Waals surface area contributed by atoms with E-state index in [1.54, 1.807) is 43.6 Å². The average molecular weight is 434 g/mol. The number of morpholine rings is 1. The predicted molar refractivity (Wildman–Crippen MR) is 122 cm³/mol. The lowest BCUT2D eigenvalue weighted by Crippen LogP contribution is -2.43. The van der Waals surface area contributed by atoms with Gasteiger partial charge in [0.2, 0.25) is 0 Å². The van der Waals surface area contributed by atoms with Crippen molar-refractivity contribution in [1.82, 2.24) is 14.8 Å². The second-order valence-electron chi connectivity index (χ2n) is 7.61. The maximum atomic E-state index is 13.0. The van der Waals surface area contributed by atoms with Crippen LogP contribution in [-0.4, -0.2) is 55.3 Å². The fourth-order valence-electron chi connectivity index (χ4n) is 3.88. The molecule has 4 rings (SSSR count). The number of aromatic nitrogens is 1. The lowest BCUT2D eigenvalue weighted by atomic mass is 10.0. The minimum atomic E-state index is -0.221. The third-order valence-electron chi connectivity index (χ3n) is 5.65. The van der Waals surface area contributed by atoms with Crippen molar-refractivity contribution in [3.8, 4) is 11.4 Å². The Kier molecular flexibility index (Phi) is 6.99. The Morgan fingerprint density at radius 1 is 1.03 bits per heavy atom. The van der Waals surface area contributed by atoms with Gasteiger partial charge < -0.3 is 14.8 Å². The Hall–Kier alpha value is -3.42. The van der Waals surface area contributed by atoms with Crippen LogP contribution < -0.4 is 15.6 Å². The molecule has 0 bridgehead atoms. The molecular formula is C25H27N3O4. The molecule has 1 unspecified atom stereocenters. The molecule has 1 atom stereocenters. The number of hydrogen-bond donors (Lipinski definition) is 1. The average Bonchev–Trinajstić information content (AvgIpc) is 2.86. The van der Waals surface area contributed by atoms with Gasteiger partial charge in [-0.1, -0.05) is 30.3 Å². The fourth-order valence-corrected chi connectivity index (χ4v) is 3.88. The second-order valence-corrected chi connectivity index (χ2v) is 7.61. The molecule has 1 amide bonds. The molecule has 7 heteroatoms. The van der Waals surface area contributed by atoms with E-state index in [9.17, 15) is 9.59 Å². The summed E-state index contributed by atoms with van der Waals surface area (Å²) in [7, 11) is 1.59. The van der Waals surface area contributed by atoms with Crippen molar-refractivity contribution >= 4 is 5.91 Å². The molecule has 0 radical (unpaired) electrons. The van der Waals surface area contributed by atoms with Gasteiger partial charge in [-0.15, -0.1) is 0 Å². The topological polar surface area (TPSA) is 72.8 Å². The Morgan fingerprint density at radius 3 is 2.44 bits per heavy atom. The molecule has 0 spiro atoms. The normalized spacial score (nSPS) is 15.2. The van der Waals surface area contributed by atoms with E-state index in [1.165, 1.54) is 10.6 Å². The molecule has 32 heavy (non-hydrogen) atoms. The van der Waals surface area contributed by atoms with Crippen LogP contribution in [-0.2, 0) is 4.74 Å². The Balaban J connectivity index is 1.51. The van der Waals surface area contributed by atoms with Crippen LogP contribution >= 0.6 is 0 Å². The molecule has 1 N–H and O–H groups in total. The number of amides is 1. The van der Waals surface area contributed by atoms with Crippen molar-refractivity contribution in [2.24, 2.45) is 0 Å². The molecule has 1 aliphatic rings. The molecule has 1 aliphatic heterocycles. The molecular weight excluding hydrogens is 406 g/mol. The highest BCUT2D eigenvalue weighted by molar-refractivity contribution is 5.93. The number of carbonyl (C=O) groups excluding carboxylic acids is 1. The largest absolute Gasteiger partial charge is 0.497 e. The van der Waals surface area contributed by atoms with Gasteiger partial charge in [0.05, 0.1) is 31.9 Å². The number of benzene rings is 2. The minimum absolute atomic E-state index is 0.0524. The quantitative estimate of drug-likeness (QED) is 0.620. The number of methoxy groups -OCH3 is 1. The van der Waals surface area contributed by atoms with E-state index in [0.29, 0.717) is 36.8 Å². The zero-order valence-corrected chi connectivity index (χ0v) is 18.1. The monoisotopic (exact) mass is 433 g/mol. The smallest absolute Gasteiger partial charge is 0.255 e. The number of nitrogens with zero attached hydrogens (tertiary/aromatic N) is 2. The summed E-state index contributed by atoms with van der Waals surface area (Å²) >= 11 is 0. The lowest BCUT2D eigenvalue weighted by molar-refractivity contribution is 0.0162. The molecule has 0 aliphatic carbocycles. The van der Waals surface area contributed by atoms with Gasteiger partial charge in [-0.3, -0.25) is 19.1 Å². The summed E-state index contributed by atoms with van der Waals surface area (Å²) in [6.07, 6.45) is 1.58. The predicted octanol–water partition coefficient (Wildman–Crippen LogP) is 2.65. The molecule has 3 aromatic rings.